The molecule has 2 fully saturated rings. The van der Waals surface area contributed by atoms with Crippen molar-refractivity contribution in [1.82, 2.24) is 5.32 Å². The Balaban J connectivity index is 1.86. The first-order chi connectivity index (χ1) is 8.00. The molecule has 0 aromatic rings. The molecule has 1 amide bonds. The standard InChI is InChI=1S/C13H24N2O2/c1-12(14,10-4-5-10)11(17)15-8-13(9-16)6-2-3-7-13/h10,16H,2-9,14H2,1H3,(H,15,17). The Bertz CT molecular complexity index is 292. The molecular weight excluding hydrogens is 216 g/mol. The Morgan fingerprint density at radius 1 is 1.47 bits per heavy atom. The van der Waals surface area contributed by atoms with Crippen LogP contribution in [-0.2, 0) is 4.79 Å². The molecule has 0 aromatic carbocycles. The average Bonchev–Trinajstić information content (AvgIpc) is 3.07. The van der Waals surface area contributed by atoms with E-state index < -0.39 is 5.54 Å². The van der Waals surface area contributed by atoms with Crippen molar-refractivity contribution in [1.29, 1.82) is 0 Å². The van der Waals surface area contributed by atoms with Crippen LogP contribution in [0.3, 0.4) is 0 Å². The second-order valence-electron chi connectivity index (χ2n) is 6.10. The lowest BCUT2D eigenvalue weighted by atomic mass is 9.86. The van der Waals surface area contributed by atoms with E-state index in [0.717, 1.165) is 38.5 Å². The summed E-state index contributed by atoms with van der Waals surface area (Å²) in [6.45, 7) is 2.56. The van der Waals surface area contributed by atoms with E-state index in [1.165, 1.54) is 0 Å². The summed E-state index contributed by atoms with van der Waals surface area (Å²) in [6.07, 6.45) is 6.44. The molecule has 4 nitrogen and oxygen atoms in total. The van der Waals surface area contributed by atoms with Crippen LogP contribution in [0.4, 0.5) is 0 Å². The van der Waals surface area contributed by atoms with Gasteiger partial charge in [-0.15, -0.1) is 0 Å². The Morgan fingerprint density at radius 3 is 2.53 bits per heavy atom. The molecule has 4 heteroatoms. The van der Waals surface area contributed by atoms with Crippen LogP contribution in [0.1, 0.15) is 45.4 Å². The predicted octanol–water partition coefficient (Wildman–Crippen LogP) is 0.783. The van der Waals surface area contributed by atoms with Gasteiger partial charge < -0.3 is 16.2 Å². The van der Waals surface area contributed by atoms with E-state index in [4.69, 9.17) is 5.73 Å². The van der Waals surface area contributed by atoms with Gasteiger partial charge in [-0.1, -0.05) is 12.8 Å². The van der Waals surface area contributed by atoms with Crippen LogP contribution in [0.2, 0.25) is 0 Å². The van der Waals surface area contributed by atoms with Crippen LogP contribution < -0.4 is 11.1 Å². The fourth-order valence-electron chi connectivity index (χ4n) is 2.84. The zero-order valence-electron chi connectivity index (χ0n) is 10.7. The molecule has 0 heterocycles. The van der Waals surface area contributed by atoms with E-state index in [0.29, 0.717) is 12.5 Å². The monoisotopic (exact) mass is 240 g/mol. The van der Waals surface area contributed by atoms with Gasteiger partial charge >= 0.3 is 0 Å². The topological polar surface area (TPSA) is 75.4 Å². The average molecular weight is 240 g/mol. The zero-order valence-corrected chi connectivity index (χ0v) is 10.7. The van der Waals surface area contributed by atoms with Gasteiger partial charge in [-0.2, -0.15) is 0 Å². The van der Waals surface area contributed by atoms with Gasteiger partial charge in [0.15, 0.2) is 0 Å². The van der Waals surface area contributed by atoms with Gasteiger partial charge in [0.05, 0.1) is 12.1 Å². The van der Waals surface area contributed by atoms with Crippen LogP contribution in [-0.4, -0.2) is 29.7 Å². The number of aliphatic hydroxyl groups excluding tert-OH is 1. The minimum Gasteiger partial charge on any atom is -0.396 e. The van der Waals surface area contributed by atoms with E-state index in [1.807, 2.05) is 6.92 Å². The highest BCUT2D eigenvalue weighted by molar-refractivity contribution is 5.86. The van der Waals surface area contributed by atoms with Crippen molar-refractivity contribution < 1.29 is 9.90 Å². The van der Waals surface area contributed by atoms with E-state index in [1.54, 1.807) is 0 Å². The summed E-state index contributed by atoms with van der Waals surface area (Å²) in [4.78, 5) is 12.0. The molecule has 1 unspecified atom stereocenters. The SMILES string of the molecule is CC(N)(C(=O)NCC1(CO)CCCC1)C1CC1. The van der Waals surface area contributed by atoms with E-state index in [-0.39, 0.29) is 17.9 Å². The lowest BCUT2D eigenvalue weighted by molar-refractivity contribution is -0.127. The smallest absolute Gasteiger partial charge is 0.240 e. The highest BCUT2D eigenvalue weighted by Gasteiger charge is 2.44. The Morgan fingerprint density at radius 2 is 2.06 bits per heavy atom. The van der Waals surface area contributed by atoms with Crippen molar-refractivity contribution in [3.8, 4) is 0 Å². The van der Waals surface area contributed by atoms with Gasteiger partial charge in [0.1, 0.15) is 0 Å². The van der Waals surface area contributed by atoms with Crippen molar-refractivity contribution in [3.63, 3.8) is 0 Å². The third-order valence-electron chi connectivity index (χ3n) is 4.54. The van der Waals surface area contributed by atoms with Gasteiger partial charge in [0.25, 0.3) is 0 Å². The summed E-state index contributed by atoms with van der Waals surface area (Å²) >= 11 is 0. The van der Waals surface area contributed by atoms with Crippen molar-refractivity contribution >= 4 is 5.91 Å². The first-order valence-corrected chi connectivity index (χ1v) is 6.68. The lowest BCUT2D eigenvalue weighted by Gasteiger charge is -2.30. The number of nitrogens with one attached hydrogen (secondary N) is 1. The van der Waals surface area contributed by atoms with Crippen LogP contribution in [0.25, 0.3) is 0 Å². The highest BCUT2D eigenvalue weighted by atomic mass is 16.3. The van der Waals surface area contributed by atoms with Crippen LogP contribution in [0.5, 0.6) is 0 Å². The largest absolute Gasteiger partial charge is 0.396 e. The molecule has 98 valence electrons. The van der Waals surface area contributed by atoms with Crippen LogP contribution in [0, 0.1) is 11.3 Å². The fourth-order valence-corrected chi connectivity index (χ4v) is 2.84. The van der Waals surface area contributed by atoms with E-state index in [9.17, 15) is 9.90 Å². The van der Waals surface area contributed by atoms with Crippen LogP contribution >= 0.6 is 0 Å². The molecule has 0 spiro atoms. The summed E-state index contributed by atoms with van der Waals surface area (Å²) in [5.74, 6) is 0.288. The first kappa shape index (κ1) is 12.8. The number of nitrogens with two attached hydrogens (primary N) is 1. The summed E-state index contributed by atoms with van der Waals surface area (Å²) in [6, 6.07) is 0. The molecule has 17 heavy (non-hydrogen) atoms. The molecule has 0 aliphatic heterocycles. The minimum absolute atomic E-state index is 0.0558. The summed E-state index contributed by atoms with van der Waals surface area (Å²) in [7, 11) is 0. The minimum atomic E-state index is -0.727. The van der Waals surface area contributed by atoms with Crippen molar-refractivity contribution in [2.24, 2.45) is 17.1 Å². The third kappa shape index (κ3) is 2.63. The predicted molar refractivity (Wildman–Crippen MR) is 66.3 cm³/mol. The quantitative estimate of drug-likeness (QED) is 0.665. The molecular formula is C13H24N2O2. The summed E-state index contributed by atoms with van der Waals surface area (Å²) < 4.78 is 0. The number of rotatable bonds is 5. The molecule has 2 aliphatic rings. The molecule has 0 bridgehead atoms. The number of carbonyl (C=O) groups excluding carboxylic acids is 1. The molecule has 0 aromatic heterocycles. The van der Waals surface area contributed by atoms with E-state index in [2.05, 4.69) is 5.32 Å². The molecule has 0 saturated heterocycles. The maximum Gasteiger partial charge on any atom is 0.240 e. The van der Waals surface area contributed by atoms with E-state index >= 15 is 0 Å². The fraction of sp³-hybridized carbons (Fsp3) is 0.923. The second-order valence-corrected chi connectivity index (χ2v) is 6.10. The lowest BCUT2D eigenvalue weighted by Crippen LogP contribution is -2.55. The maximum absolute atomic E-state index is 12.0. The van der Waals surface area contributed by atoms with Gasteiger partial charge in [0, 0.05) is 12.0 Å². The normalized spacial score (nSPS) is 26.5. The molecule has 0 radical (unpaired) electrons. The van der Waals surface area contributed by atoms with Gasteiger partial charge in [-0.3, -0.25) is 4.79 Å². The third-order valence-corrected chi connectivity index (χ3v) is 4.54. The highest BCUT2D eigenvalue weighted by Crippen LogP contribution is 2.39. The first-order valence-electron chi connectivity index (χ1n) is 6.68. The molecule has 4 N–H and O–H groups in total. The molecule has 2 saturated carbocycles. The van der Waals surface area contributed by atoms with Crippen LogP contribution in [0.15, 0.2) is 0 Å². The summed E-state index contributed by atoms with van der Waals surface area (Å²) in [5, 5.41) is 12.4. The number of carbonyl (C=O) groups is 1. The van der Waals surface area contributed by atoms with Gasteiger partial charge in [-0.25, -0.2) is 0 Å². The Kier molecular flexibility index (Phi) is 3.46. The van der Waals surface area contributed by atoms with Gasteiger partial charge in [0.2, 0.25) is 5.91 Å². The Hall–Kier alpha value is -0.610. The zero-order chi connectivity index (χ0) is 12.5. The van der Waals surface area contributed by atoms with Gasteiger partial charge in [-0.05, 0) is 38.5 Å². The van der Waals surface area contributed by atoms with Crippen molar-refractivity contribution in [3.05, 3.63) is 0 Å². The van der Waals surface area contributed by atoms with Crippen molar-refractivity contribution in [2.45, 2.75) is 51.0 Å². The number of hydrogen-bond acceptors (Lipinski definition) is 3. The maximum atomic E-state index is 12.0. The molecule has 2 aliphatic carbocycles. The Labute approximate surface area is 103 Å². The number of amides is 1. The molecule has 2 rings (SSSR count). The second kappa shape index (κ2) is 4.58. The number of hydrogen-bond donors (Lipinski definition) is 3. The number of aliphatic hydroxyl groups is 1. The molecule has 1 atom stereocenters. The summed E-state index contributed by atoms with van der Waals surface area (Å²) in [5.41, 5.74) is 5.25. The van der Waals surface area contributed by atoms with Crippen molar-refractivity contribution in [2.75, 3.05) is 13.2 Å².